The zero-order chi connectivity index (χ0) is 8.15. The van der Waals surface area contributed by atoms with Crippen LogP contribution >= 0.6 is 15.9 Å². The molecule has 3 nitrogen and oxygen atoms in total. The molecule has 4 heteroatoms. The van der Waals surface area contributed by atoms with Crippen molar-refractivity contribution in [2.45, 2.75) is 24.6 Å². The summed E-state index contributed by atoms with van der Waals surface area (Å²) in [5.74, 6) is -0.883. The van der Waals surface area contributed by atoms with Crippen LogP contribution < -0.4 is 0 Å². The first-order chi connectivity index (χ1) is 4.52. The summed E-state index contributed by atoms with van der Waals surface area (Å²) in [6.07, 6.45) is 0.284. The van der Waals surface area contributed by atoms with E-state index in [0.29, 0.717) is 0 Å². The molecule has 0 heterocycles. The van der Waals surface area contributed by atoms with Gasteiger partial charge in [-0.05, 0) is 6.92 Å². The molecule has 0 saturated heterocycles. The summed E-state index contributed by atoms with van der Waals surface area (Å²) < 4.78 is 0. The third kappa shape index (κ3) is 5.75. The van der Waals surface area contributed by atoms with Crippen molar-refractivity contribution >= 4 is 27.7 Å². The number of hydrogen-bond acceptors (Lipinski definition) is 2. The summed E-state index contributed by atoms with van der Waals surface area (Å²) in [5, 5.41) is 8.26. The Kier molecular flexibility index (Phi) is 4.27. The Morgan fingerprint density at radius 1 is 1.50 bits per heavy atom. The number of halogens is 1. The van der Waals surface area contributed by atoms with Gasteiger partial charge in [-0.2, -0.15) is 0 Å². The van der Waals surface area contributed by atoms with E-state index in [9.17, 15) is 9.59 Å². The average Bonchev–Trinajstić information content (AvgIpc) is 1.58. The van der Waals surface area contributed by atoms with Gasteiger partial charge in [0.05, 0.1) is 6.42 Å². The molecule has 0 aromatic carbocycles. The quantitative estimate of drug-likeness (QED) is 0.707. The number of carbonyl (C=O) groups excluding carboxylic acids is 1. The molecule has 0 amide bonds. The van der Waals surface area contributed by atoms with Crippen LogP contribution in [0.4, 0.5) is 0 Å². The Bertz CT molecular complexity index is 128. The highest BCUT2D eigenvalue weighted by molar-refractivity contribution is 9.09. The molecule has 1 N–H and O–H groups in total. The van der Waals surface area contributed by atoms with Crippen LogP contribution in [0.25, 0.3) is 0 Å². The molecule has 0 spiro atoms. The summed E-state index contributed by atoms with van der Waals surface area (Å²) in [4.78, 5) is 20.2. The van der Waals surface area contributed by atoms with Crippen molar-refractivity contribution in [2.75, 3.05) is 0 Å². The van der Waals surface area contributed by atoms with Crippen LogP contribution in [0.3, 0.4) is 0 Å². The van der Waals surface area contributed by atoms with E-state index in [1.165, 1.54) is 6.92 Å². The molecule has 0 saturated carbocycles. The molecule has 0 fully saturated rings. The molecule has 0 rings (SSSR count). The van der Waals surface area contributed by atoms with Crippen molar-refractivity contribution < 1.29 is 14.7 Å². The number of hydrogen-bond donors (Lipinski definition) is 1. The van der Waals surface area contributed by atoms with Gasteiger partial charge in [0.15, 0.2) is 0 Å². The Morgan fingerprint density at radius 3 is 2.30 bits per heavy atom. The van der Waals surface area contributed by atoms with Crippen LogP contribution in [0, 0.1) is 0 Å². The Balaban J connectivity index is 3.53. The van der Waals surface area contributed by atoms with Gasteiger partial charge in [0.2, 0.25) is 0 Å². The Labute approximate surface area is 67.5 Å². The Hall–Kier alpha value is -0.380. The topological polar surface area (TPSA) is 54.4 Å². The van der Waals surface area contributed by atoms with Gasteiger partial charge in [-0.15, -0.1) is 0 Å². The van der Waals surface area contributed by atoms with Gasteiger partial charge in [0.25, 0.3) is 0 Å². The van der Waals surface area contributed by atoms with E-state index in [1.807, 2.05) is 0 Å². The van der Waals surface area contributed by atoms with Crippen LogP contribution in [0.5, 0.6) is 0 Å². The van der Waals surface area contributed by atoms with E-state index in [4.69, 9.17) is 5.11 Å². The van der Waals surface area contributed by atoms with E-state index in [2.05, 4.69) is 15.9 Å². The van der Waals surface area contributed by atoms with Gasteiger partial charge in [-0.3, -0.25) is 9.59 Å². The number of rotatable bonds is 4. The molecule has 0 aliphatic heterocycles. The summed E-state index contributed by atoms with van der Waals surface area (Å²) in [5.41, 5.74) is 0. The molecule has 0 aromatic rings. The SMILES string of the molecule is CC(=O)CC(Br)CC(=O)O. The molecule has 0 radical (unpaired) electrons. The summed E-state index contributed by atoms with van der Waals surface area (Å²) >= 11 is 3.08. The summed E-state index contributed by atoms with van der Waals surface area (Å²) in [6.45, 7) is 1.44. The molecule has 1 atom stereocenters. The number of Topliss-reactive ketones (excluding diaryl/α,β-unsaturated/α-hetero) is 1. The molecule has 0 bridgehead atoms. The summed E-state index contributed by atoms with van der Waals surface area (Å²) in [7, 11) is 0. The van der Waals surface area contributed by atoms with E-state index >= 15 is 0 Å². The first kappa shape index (κ1) is 9.62. The van der Waals surface area contributed by atoms with Gasteiger partial charge < -0.3 is 5.11 Å². The molecule has 58 valence electrons. The second-order valence-electron chi connectivity index (χ2n) is 2.10. The fourth-order valence-corrected chi connectivity index (χ4v) is 1.31. The lowest BCUT2D eigenvalue weighted by Crippen LogP contribution is -2.09. The number of ketones is 1. The second kappa shape index (κ2) is 4.44. The maximum absolute atomic E-state index is 10.4. The van der Waals surface area contributed by atoms with Crippen molar-refractivity contribution in [1.29, 1.82) is 0 Å². The predicted octanol–water partition coefficient (Wildman–Crippen LogP) is 1.20. The van der Waals surface area contributed by atoms with E-state index in [-0.39, 0.29) is 23.5 Å². The van der Waals surface area contributed by atoms with E-state index < -0.39 is 5.97 Å². The van der Waals surface area contributed by atoms with Gasteiger partial charge in [0, 0.05) is 11.2 Å². The molecule has 0 aliphatic carbocycles. The predicted molar refractivity (Wildman–Crippen MR) is 40.3 cm³/mol. The van der Waals surface area contributed by atoms with Crippen molar-refractivity contribution in [3.63, 3.8) is 0 Å². The lowest BCUT2D eigenvalue weighted by molar-refractivity contribution is -0.136. The fraction of sp³-hybridized carbons (Fsp3) is 0.667. The zero-order valence-electron chi connectivity index (χ0n) is 5.63. The molecular weight excluding hydrogens is 200 g/mol. The number of alkyl halides is 1. The number of carboxylic acids is 1. The standard InChI is InChI=1S/C6H9BrO3/c1-4(8)2-5(7)3-6(9)10/h5H,2-3H2,1H3,(H,9,10). The molecule has 0 aromatic heterocycles. The van der Waals surface area contributed by atoms with Gasteiger partial charge in [-0.1, -0.05) is 15.9 Å². The van der Waals surface area contributed by atoms with Gasteiger partial charge >= 0.3 is 5.97 Å². The van der Waals surface area contributed by atoms with Crippen LogP contribution in [0.2, 0.25) is 0 Å². The maximum atomic E-state index is 10.4. The number of carbonyl (C=O) groups is 2. The highest BCUT2D eigenvalue weighted by Gasteiger charge is 2.10. The summed E-state index contributed by atoms with van der Waals surface area (Å²) in [6, 6.07) is 0. The molecule has 1 unspecified atom stereocenters. The maximum Gasteiger partial charge on any atom is 0.304 e. The second-order valence-corrected chi connectivity index (χ2v) is 3.40. The van der Waals surface area contributed by atoms with Crippen molar-refractivity contribution in [1.82, 2.24) is 0 Å². The minimum Gasteiger partial charge on any atom is -0.481 e. The number of aliphatic carboxylic acids is 1. The fourth-order valence-electron chi connectivity index (χ4n) is 0.574. The minimum atomic E-state index is -0.886. The molecule has 0 aliphatic rings. The lowest BCUT2D eigenvalue weighted by Gasteiger charge is -2.01. The number of carboxylic acid groups (broad SMARTS) is 1. The van der Waals surface area contributed by atoms with Gasteiger partial charge in [-0.25, -0.2) is 0 Å². The van der Waals surface area contributed by atoms with Crippen molar-refractivity contribution in [3.05, 3.63) is 0 Å². The molecular formula is C6H9BrO3. The van der Waals surface area contributed by atoms with E-state index in [1.54, 1.807) is 0 Å². The van der Waals surface area contributed by atoms with Crippen LogP contribution in [0.1, 0.15) is 19.8 Å². The molecule has 10 heavy (non-hydrogen) atoms. The smallest absolute Gasteiger partial charge is 0.304 e. The highest BCUT2D eigenvalue weighted by Crippen LogP contribution is 2.09. The Morgan fingerprint density at radius 2 is 2.00 bits per heavy atom. The van der Waals surface area contributed by atoms with Gasteiger partial charge in [0.1, 0.15) is 5.78 Å². The van der Waals surface area contributed by atoms with Crippen LogP contribution in [-0.4, -0.2) is 21.7 Å². The van der Waals surface area contributed by atoms with Crippen molar-refractivity contribution in [3.8, 4) is 0 Å². The van der Waals surface area contributed by atoms with Crippen LogP contribution in [0.15, 0.2) is 0 Å². The van der Waals surface area contributed by atoms with E-state index in [0.717, 1.165) is 0 Å². The average molecular weight is 209 g/mol. The third-order valence-corrected chi connectivity index (χ3v) is 1.55. The monoisotopic (exact) mass is 208 g/mol. The van der Waals surface area contributed by atoms with Crippen molar-refractivity contribution in [2.24, 2.45) is 0 Å². The minimum absolute atomic E-state index is 0.000417. The normalized spacial score (nSPS) is 12.6. The largest absolute Gasteiger partial charge is 0.481 e. The first-order valence-electron chi connectivity index (χ1n) is 2.87. The third-order valence-electron chi connectivity index (χ3n) is 0.905. The highest BCUT2D eigenvalue weighted by atomic mass is 79.9. The lowest BCUT2D eigenvalue weighted by atomic mass is 10.2. The zero-order valence-corrected chi connectivity index (χ0v) is 7.22. The first-order valence-corrected chi connectivity index (χ1v) is 3.79. The van der Waals surface area contributed by atoms with Crippen LogP contribution in [-0.2, 0) is 9.59 Å².